The van der Waals surface area contributed by atoms with Crippen LogP contribution in [0.1, 0.15) is 24.0 Å². The standard InChI is InChI=1S/C37H50N2O10/c1-2-21-42-23-25-44-27-28-45-26-24-43-22-20-39-18-16-38(17-19-39)15-9-14-33-48-34(36(40)46-29-31-10-5-3-6-11-31)35(49-33)37(41)47-30-32-12-7-4-8-13-32/h1,3-8,10-13,33-35H,9,14-30H2/t34-,35-/m1/s1. The minimum absolute atomic E-state index is 0.0739. The Labute approximate surface area is 289 Å². The molecule has 2 heterocycles. The maximum Gasteiger partial charge on any atom is 0.339 e. The van der Waals surface area contributed by atoms with E-state index in [9.17, 15) is 9.59 Å². The highest BCUT2D eigenvalue weighted by Gasteiger charge is 2.47. The van der Waals surface area contributed by atoms with Gasteiger partial charge in [0.15, 0.2) is 18.5 Å². The molecule has 2 aromatic carbocycles. The second-order valence-electron chi connectivity index (χ2n) is 11.6. The number of ether oxygens (including phenoxy) is 8. The van der Waals surface area contributed by atoms with Gasteiger partial charge in [0.2, 0.25) is 0 Å². The van der Waals surface area contributed by atoms with Crippen molar-refractivity contribution < 1.29 is 47.5 Å². The first kappa shape index (κ1) is 38.4. The average Bonchev–Trinajstić information content (AvgIpc) is 3.57. The quantitative estimate of drug-likeness (QED) is 0.0976. The van der Waals surface area contributed by atoms with E-state index in [1.807, 2.05) is 60.7 Å². The molecule has 0 spiro atoms. The van der Waals surface area contributed by atoms with Crippen molar-refractivity contribution in [2.75, 3.05) is 92.1 Å². The Balaban J connectivity index is 1.08. The fourth-order valence-electron chi connectivity index (χ4n) is 5.32. The Bertz CT molecular complexity index is 1170. The van der Waals surface area contributed by atoms with Crippen molar-refractivity contribution in [3.05, 3.63) is 71.8 Å². The Morgan fingerprint density at radius 2 is 1.10 bits per heavy atom. The Morgan fingerprint density at radius 1 is 0.653 bits per heavy atom. The van der Waals surface area contributed by atoms with Gasteiger partial charge >= 0.3 is 11.9 Å². The van der Waals surface area contributed by atoms with Gasteiger partial charge in [0.05, 0.1) is 46.2 Å². The molecule has 0 amide bonds. The van der Waals surface area contributed by atoms with E-state index in [1.54, 1.807) is 0 Å². The SMILES string of the molecule is C#CCOCCOCCOCCOCCN1CCN(CCCC2O[C@@H](C(=O)OCc3ccccc3)[C@H](C(=O)OCc3ccccc3)O2)CC1. The van der Waals surface area contributed by atoms with Crippen LogP contribution >= 0.6 is 0 Å². The number of carbonyl (C=O) groups excluding carboxylic acids is 2. The number of terminal acetylenes is 1. The Hall–Kier alpha value is -3.38. The van der Waals surface area contributed by atoms with Crippen LogP contribution in [0.4, 0.5) is 0 Å². The number of carbonyl (C=O) groups is 2. The predicted molar refractivity (Wildman–Crippen MR) is 180 cm³/mol. The largest absolute Gasteiger partial charge is 0.459 e. The van der Waals surface area contributed by atoms with Crippen LogP contribution in [0.5, 0.6) is 0 Å². The molecule has 0 saturated carbocycles. The maximum atomic E-state index is 13.0. The van der Waals surface area contributed by atoms with Crippen LogP contribution in [0.2, 0.25) is 0 Å². The van der Waals surface area contributed by atoms with Crippen molar-refractivity contribution in [2.45, 2.75) is 44.6 Å². The van der Waals surface area contributed by atoms with Crippen molar-refractivity contribution in [2.24, 2.45) is 0 Å². The summed E-state index contributed by atoms with van der Waals surface area (Å²) in [5.41, 5.74) is 1.68. The first-order valence-corrected chi connectivity index (χ1v) is 17.0. The Morgan fingerprint density at radius 3 is 1.59 bits per heavy atom. The number of hydrogen-bond donors (Lipinski definition) is 0. The molecule has 12 heteroatoms. The van der Waals surface area contributed by atoms with Crippen molar-refractivity contribution in [1.82, 2.24) is 9.80 Å². The smallest absolute Gasteiger partial charge is 0.339 e. The summed E-state index contributed by atoms with van der Waals surface area (Å²) in [6.45, 7) is 9.77. The summed E-state index contributed by atoms with van der Waals surface area (Å²) in [5.74, 6) is 1.11. The molecule has 2 aromatic rings. The van der Waals surface area contributed by atoms with E-state index >= 15 is 0 Å². The molecule has 0 bridgehead atoms. The van der Waals surface area contributed by atoms with Gasteiger partial charge < -0.3 is 42.8 Å². The second-order valence-corrected chi connectivity index (χ2v) is 11.6. The van der Waals surface area contributed by atoms with E-state index in [2.05, 4.69) is 15.7 Å². The molecular formula is C37H50N2O10. The molecule has 2 aliphatic heterocycles. The number of nitrogens with zero attached hydrogens (tertiary/aromatic N) is 2. The number of esters is 2. The minimum Gasteiger partial charge on any atom is -0.459 e. The molecule has 0 aromatic heterocycles. The minimum atomic E-state index is -1.20. The van der Waals surface area contributed by atoms with Gasteiger partial charge in [0.25, 0.3) is 0 Å². The highest BCUT2D eigenvalue weighted by Crippen LogP contribution is 2.26. The first-order valence-electron chi connectivity index (χ1n) is 17.0. The van der Waals surface area contributed by atoms with Gasteiger partial charge in [-0.05, 0) is 30.5 Å². The lowest BCUT2D eigenvalue weighted by Crippen LogP contribution is -2.47. The molecule has 4 rings (SSSR count). The third-order valence-corrected chi connectivity index (χ3v) is 8.02. The van der Waals surface area contributed by atoms with E-state index < -0.39 is 30.4 Å². The molecular weight excluding hydrogens is 632 g/mol. The molecule has 2 saturated heterocycles. The summed E-state index contributed by atoms with van der Waals surface area (Å²) in [6.07, 6.45) is 3.34. The summed E-state index contributed by atoms with van der Waals surface area (Å²) >= 11 is 0. The fraction of sp³-hybridized carbons (Fsp3) is 0.568. The van der Waals surface area contributed by atoms with E-state index in [0.717, 1.165) is 56.8 Å². The maximum absolute atomic E-state index is 13.0. The zero-order valence-corrected chi connectivity index (χ0v) is 28.3. The van der Waals surface area contributed by atoms with Crippen LogP contribution < -0.4 is 0 Å². The van der Waals surface area contributed by atoms with Crippen LogP contribution in [0.15, 0.2) is 60.7 Å². The summed E-state index contributed by atoms with van der Waals surface area (Å²) in [7, 11) is 0. The van der Waals surface area contributed by atoms with E-state index in [0.29, 0.717) is 59.3 Å². The van der Waals surface area contributed by atoms with Crippen LogP contribution in [0.25, 0.3) is 0 Å². The number of rotatable bonds is 23. The van der Waals surface area contributed by atoms with Crippen LogP contribution in [0.3, 0.4) is 0 Å². The van der Waals surface area contributed by atoms with Gasteiger partial charge in [-0.25, -0.2) is 9.59 Å². The van der Waals surface area contributed by atoms with Crippen LogP contribution in [0, 0.1) is 12.3 Å². The van der Waals surface area contributed by atoms with Gasteiger partial charge in [0.1, 0.15) is 19.8 Å². The molecule has 49 heavy (non-hydrogen) atoms. The first-order chi connectivity index (χ1) is 24.1. The Kier molecular flexibility index (Phi) is 18.1. The molecule has 2 fully saturated rings. The summed E-state index contributed by atoms with van der Waals surface area (Å²) < 4.78 is 44.7. The number of hydrogen-bond acceptors (Lipinski definition) is 12. The van der Waals surface area contributed by atoms with E-state index in [-0.39, 0.29) is 13.2 Å². The van der Waals surface area contributed by atoms with Gasteiger partial charge in [-0.2, -0.15) is 0 Å². The van der Waals surface area contributed by atoms with Crippen LogP contribution in [-0.4, -0.2) is 132 Å². The molecule has 2 atom stereocenters. The second kappa shape index (κ2) is 23.1. The number of benzene rings is 2. The molecule has 12 nitrogen and oxygen atoms in total. The fourth-order valence-corrected chi connectivity index (χ4v) is 5.32. The lowest BCUT2D eigenvalue weighted by atomic mass is 10.2. The topological polar surface area (TPSA) is 114 Å². The number of piperazine rings is 1. The molecule has 0 unspecified atom stereocenters. The molecule has 268 valence electrons. The molecule has 0 N–H and O–H groups in total. The van der Waals surface area contributed by atoms with Crippen molar-refractivity contribution in [3.8, 4) is 12.3 Å². The van der Waals surface area contributed by atoms with Crippen molar-refractivity contribution in [1.29, 1.82) is 0 Å². The summed E-state index contributed by atoms with van der Waals surface area (Å²) in [4.78, 5) is 30.9. The predicted octanol–water partition coefficient (Wildman–Crippen LogP) is 2.68. The molecule has 0 aliphatic carbocycles. The third kappa shape index (κ3) is 15.0. The highest BCUT2D eigenvalue weighted by atomic mass is 16.8. The monoisotopic (exact) mass is 682 g/mol. The zero-order chi connectivity index (χ0) is 34.4. The molecule has 2 aliphatic rings. The third-order valence-electron chi connectivity index (χ3n) is 8.02. The van der Waals surface area contributed by atoms with Gasteiger partial charge in [-0.3, -0.25) is 4.90 Å². The zero-order valence-electron chi connectivity index (χ0n) is 28.3. The average molecular weight is 683 g/mol. The van der Waals surface area contributed by atoms with Crippen LogP contribution in [-0.2, 0) is 60.7 Å². The van der Waals surface area contributed by atoms with Gasteiger partial charge in [-0.1, -0.05) is 66.6 Å². The van der Waals surface area contributed by atoms with Crippen molar-refractivity contribution >= 4 is 11.9 Å². The summed E-state index contributed by atoms with van der Waals surface area (Å²) in [5, 5.41) is 0. The van der Waals surface area contributed by atoms with Gasteiger partial charge in [0, 0.05) is 32.7 Å². The summed E-state index contributed by atoms with van der Waals surface area (Å²) in [6, 6.07) is 18.7. The normalized spacial score (nSPS) is 18.7. The highest BCUT2D eigenvalue weighted by molar-refractivity contribution is 5.86. The lowest BCUT2D eigenvalue weighted by molar-refractivity contribution is -0.165. The lowest BCUT2D eigenvalue weighted by Gasteiger charge is -2.34. The van der Waals surface area contributed by atoms with Gasteiger partial charge in [-0.15, -0.1) is 6.42 Å². The van der Waals surface area contributed by atoms with Crippen molar-refractivity contribution in [3.63, 3.8) is 0 Å². The van der Waals surface area contributed by atoms with E-state index in [1.165, 1.54) is 0 Å². The van der Waals surface area contributed by atoms with E-state index in [4.69, 9.17) is 44.3 Å². The molecule has 0 radical (unpaired) electrons.